The average molecular weight is 233 g/mol. The number of carbonyl (C=O) groups is 1. The molecule has 0 aliphatic heterocycles. The molecule has 0 aromatic rings. The van der Waals surface area contributed by atoms with Gasteiger partial charge in [0.1, 0.15) is 0 Å². The van der Waals surface area contributed by atoms with E-state index in [1.807, 2.05) is 20.8 Å². The Morgan fingerprint density at radius 1 is 0.867 bits per heavy atom. The number of rotatable bonds is 5. The minimum atomic E-state index is 0. The van der Waals surface area contributed by atoms with E-state index >= 15 is 0 Å². The van der Waals surface area contributed by atoms with Crippen LogP contribution >= 0.6 is 13.5 Å². The highest BCUT2D eigenvalue weighted by molar-refractivity contribution is 7.59. The lowest BCUT2D eigenvalue weighted by Gasteiger charge is -2.36. The fourth-order valence-electron chi connectivity index (χ4n) is 2.12. The van der Waals surface area contributed by atoms with Crippen molar-refractivity contribution in [2.75, 3.05) is 0 Å². The maximum absolute atomic E-state index is 11.9. The molecule has 0 aromatic heterocycles. The number of hydrogen-bond acceptors (Lipinski definition) is 2. The van der Waals surface area contributed by atoms with Crippen LogP contribution in [0.4, 0.5) is 0 Å². The van der Waals surface area contributed by atoms with Gasteiger partial charge in [0.15, 0.2) is 5.78 Å². The highest BCUT2D eigenvalue weighted by Gasteiger charge is 2.26. The van der Waals surface area contributed by atoms with Gasteiger partial charge in [-0.2, -0.15) is 13.5 Å². The molecular weight excluding hydrogens is 206 g/mol. The van der Waals surface area contributed by atoms with Crippen LogP contribution in [0.1, 0.15) is 48.5 Å². The SMILES string of the molecule is CC(C)C(=O)[C@H](C)N(C(C)C)C(C)C.S. The summed E-state index contributed by atoms with van der Waals surface area (Å²) in [6.45, 7) is 14.5. The third-order valence-electron chi connectivity index (χ3n) is 2.62. The summed E-state index contributed by atoms with van der Waals surface area (Å²) in [5.41, 5.74) is 0. The van der Waals surface area contributed by atoms with Crippen LogP contribution < -0.4 is 0 Å². The fraction of sp³-hybridized carbons (Fsp3) is 0.917. The molecule has 0 aliphatic rings. The third kappa shape index (κ3) is 5.03. The van der Waals surface area contributed by atoms with Crippen LogP contribution in [0.2, 0.25) is 0 Å². The van der Waals surface area contributed by atoms with Gasteiger partial charge in [-0.3, -0.25) is 9.69 Å². The second-order valence-corrected chi connectivity index (χ2v) is 4.87. The van der Waals surface area contributed by atoms with Gasteiger partial charge in [0.05, 0.1) is 6.04 Å². The maximum Gasteiger partial charge on any atom is 0.152 e. The fourth-order valence-corrected chi connectivity index (χ4v) is 2.12. The lowest BCUT2D eigenvalue weighted by Crippen LogP contribution is -2.48. The van der Waals surface area contributed by atoms with Crippen molar-refractivity contribution in [3.05, 3.63) is 0 Å². The molecule has 3 heteroatoms. The zero-order valence-corrected chi connectivity index (χ0v) is 12.2. The van der Waals surface area contributed by atoms with Crippen LogP contribution in [-0.2, 0) is 4.79 Å². The zero-order chi connectivity index (χ0) is 11.5. The molecule has 15 heavy (non-hydrogen) atoms. The van der Waals surface area contributed by atoms with Crippen molar-refractivity contribution in [1.82, 2.24) is 4.90 Å². The van der Waals surface area contributed by atoms with E-state index in [1.165, 1.54) is 0 Å². The standard InChI is InChI=1S/C12H25NO.H2S/c1-8(2)12(14)11(7)13(9(3)4)10(5)6;/h8-11H,1-7H3;1H2/t11-;/m0./s1. The lowest BCUT2D eigenvalue weighted by atomic mass is 9.99. The van der Waals surface area contributed by atoms with Gasteiger partial charge in [0.25, 0.3) is 0 Å². The normalized spacial score (nSPS) is 13.5. The molecule has 0 N–H and O–H groups in total. The van der Waals surface area contributed by atoms with Crippen molar-refractivity contribution in [1.29, 1.82) is 0 Å². The molecule has 0 saturated heterocycles. The van der Waals surface area contributed by atoms with Gasteiger partial charge < -0.3 is 0 Å². The summed E-state index contributed by atoms with van der Waals surface area (Å²) in [6, 6.07) is 0.885. The maximum atomic E-state index is 11.9. The van der Waals surface area contributed by atoms with Gasteiger partial charge in [0, 0.05) is 18.0 Å². The van der Waals surface area contributed by atoms with Gasteiger partial charge in [-0.15, -0.1) is 0 Å². The monoisotopic (exact) mass is 233 g/mol. The second kappa shape index (κ2) is 7.29. The van der Waals surface area contributed by atoms with Crippen molar-refractivity contribution in [3.63, 3.8) is 0 Å². The molecule has 0 radical (unpaired) electrons. The molecule has 0 fully saturated rings. The van der Waals surface area contributed by atoms with Crippen molar-refractivity contribution in [2.24, 2.45) is 5.92 Å². The Kier molecular flexibility index (Phi) is 8.44. The number of nitrogens with zero attached hydrogens (tertiary/aromatic N) is 1. The minimum absolute atomic E-state index is 0. The Bertz CT molecular complexity index is 182. The molecule has 0 bridgehead atoms. The number of Topliss-reactive ketones (excluding diaryl/α,β-unsaturated/α-hetero) is 1. The first-order valence-electron chi connectivity index (χ1n) is 5.60. The molecule has 0 amide bonds. The Morgan fingerprint density at radius 2 is 1.20 bits per heavy atom. The van der Waals surface area contributed by atoms with Crippen molar-refractivity contribution >= 4 is 19.3 Å². The molecule has 0 aromatic carbocycles. The predicted molar refractivity (Wildman–Crippen MR) is 71.8 cm³/mol. The summed E-state index contributed by atoms with van der Waals surface area (Å²) in [7, 11) is 0. The number of hydrogen-bond donors (Lipinski definition) is 0. The Hall–Kier alpha value is -0.0200. The first kappa shape index (κ1) is 17.4. The average Bonchev–Trinajstić information content (AvgIpc) is 2.01. The van der Waals surface area contributed by atoms with E-state index in [0.29, 0.717) is 17.9 Å². The molecule has 0 saturated carbocycles. The van der Waals surface area contributed by atoms with Crippen LogP contribution in [0, 0.1) is 5.92 Å². The second-order valence-electron chi connectivity index (χ2n) is 4.87. The predicted octanol–water partition coefficient (Wildman–Crippen LogP) is 2.83. The summed E-state index contributed by atoms with van der Waals surface area (Å²) >= 11 is 0. The molecule has 0 unspecified atom stereocenters. The topological polar surface area (TPSA) is 20.3 Å². The van der Waals surface area contributed by atoms with Crippen LogP contribution in [0.25, 0.3) is 0 Å². The Balaban J connectivity index is 0. The molecule has 2 nitrogen and oxygen atoms in total. The summed E-state index contributed by atoms with van der Waals surface area (Å²) in [6.07, 6.45) is 0. The van der Waals surface area contributed by atoms with E-state index in [-0.39, 0.29) is 25.5 Å². The molecule has 0 heterocycles. The smallest absolute Gasteiger partial charge is 0.152 e. The Morgan fingerprint density at radius 3 is 1.40 bits per heavy atom. The lowest BCUT2D eigenvalue weighted by molar-refractivity contribution is -0.128. The summed E-state index contributed by atoms with van der Waals surface area (Å²) in [4.78, 5) is 14.1. The first-order valence-corrected chi connectivity index (χ1v) is 5.60. The summed E-state index contributed by atoms with van der Waals surface area (Å²) in [5.74, 6) is 0.470. The summed E-state index contributed by atoms with van der Waals surface area (Å²) in [5, 5.41) is 0. The van der Waals surface area contributed by atoms with Crippen molar-refractivity contribution in [3.8, 4) is 0 Å². The highest BCUT2D eigenvalue weighted by Crippen LogP contribution is 2.14. The molecule has 0 aliphatic carbocycles. The van der Waals surface area contributed by atoms with Gasteiger partial charge in [-0.1, -0.05) is 13.8 Å². The largest absolute Gasteiger partial charge is 0.298 e. The molecule has 0 spiro atoms. The number of ketones is 1. The molecule has 1 atom stereocenters. The van der Waals surface area contributed by atoms with E-state index in [0.717, 1.165) is 0 Å². The van der Waals surface area contributed by atoms with Gasteiger partial charge in [-0.25, -0.2) is 0 Å². The van der Waals surface area contributed by atoms with E-state index in [9.17, 15) is 4.79 Å². The number of carbonyl (C=O) groups excluding carboxylic acids is 1. The molecule has 0 rings (SSSR count). The third-order valence-corrected chi connectivity index (χ3v) is 2.62. The summed E-state index contributed by atoms with van der Waals surface area (Å²) < 4.78 is 0. The Labute approximate surface area is 102 Å². The molecule has 92 valence electrons. The van der Waals surface area contributed by atoms with Crippen LogP contribution in [-0.4, -0.2) is 28.8 Å². The van der Waals surface area contributed by atoms with E-state index in [1.54, 1.807) is 0 Å². The van der Waals surface area contributed by atoms with Gasteiger partial charge in [0.2, 0.25) is 0 Å². The quantitative estimate of drug-likeness (QED) is 0.728. The zero-order valence-electron chi connectivity index (χ0n) is 11.2. The van der Waals surface area contributed by atoms with Gasteiger partial charge in [-0.05, 0) is 34.6 Å². The van der Waals surface area contributed by atoms with E-state index in [4.69, 9.17) is 0 Å². The van der Waals surface area contributed by atoms with Gasteiger partial charge >= 0.3 is 0 Å². The van der Waals surface area contributed by atoms with Crippen LogP contribution in [0.15, 0.2) is 0 Å². The minimum Gasteiger partial charge on any atom is -0.298 e. The van der Waals surface area contributed by atoms with Crippen LogP contribution in [0.3, 0.4) is 0 Å². The highest BCUT2D eigenvalue weighted by atomic mass is 32.1. The van der Waals surface area contributed by atoms with E-state index < -0.39 is 0 Å². The van der Waals surface area contributed by atoms with Crippen molar-refractivity contribution < 1.29 is 4.79 Å². The van der Waals surface area contributed by atoms with E-state index in [2.05, 4.69) is 32.6 Å². The van der Waals surface area contributed by atoms with Crippen LogP contribution in [0.5, 0.6) is 0 Å². The first-order chi connectivity index (χ1) is 6.29. The van der Waals surface area contributed by atoms with Crippen molar-refractivity contribution in [2.45, 2.75) is 66.6 Å². The molecular formula is C12H27NOS.